The Balaban J connectivity index is 2.55. The molecular formula is C9H11BrFNO. The zero-order chi connectivity index (χ0) is 9.90. The lowest BCUT2D eigenvalue weighted by Crippen LogP contribution is -2.22. The summed E-state index contributed by atoms with van der Waals surface area (Å²) in [6.07, 6.45) is 3.20. The fourth-order valence-electron chi connectivity index (χ4n) is 0.726. The van der Waals surface area contributed by atoms with Crippen molar-refractivity contribution >= 4 is 15.9 Å². The highest BCUT2D eigenvalue weighted by Crippen LogP contribution is 2.18. The maximum absolute atomic E-state index is 13.0. The second-order valence-corrected chi connectivity index (χ2v) is 4.26. The van der Waals surface area contributed by atoms with Gasteiger partial charge in [0, 0.05) is 10.7 Å². The van der Waals surface area contributed by atoms with Gasteiger partial charge in [0.15, 0.2) is 0 Å². The van der Waals surface area contributed by atoms with Gasteiger partial charge in [-0.15, -0.1) is 0 Å². The minimum absolute atomic E-state index is 0.0329. The predicted octanol–water partition coefficient (Wildman–Crippen LogP) is 2.97. The van der Waals surface area contributed by atoms with E-state index >= 15 is 0 Å². The van der Waals surface area contributed by atoms with Crippen molar-refractivity contribution in [1.29, 1.82) is 0 Å². The smallest absolute Gasteiger partial charge is 0.139 e. The first-order valence-electron chi connectivity index (χ1n) is 3.90. The maximum atomic E-state index is 13.0. The zero-order valence-corrected chi connectivity index (χ0v) is 9.14. The molecule has 1 aromatic rings. The van der Waals surface area contributed by atoms with Crippen LogP contribution in [0.5, 0.6) is 5.75 Å². The van der Waals surface area contributed by atoms with Crippen molar-refractivity contribution in [3.63, 3.8) is 0 Å². The van der Waals surface area contributed by atoms with E-state index in [4.69, 9.17) is 4.74 Å². The quantitative estimate of drug-likeness (QED) is 0.820. The van der Waals surface area contributed by atoms with Crippen molar-refractivity contribution in [3.8, 4) is 5.75 Å². The van der Waals surface area contributed by atoms with E-state index in [1.165, 1.54) is 13.8 Å². The van der Waals surface area contributed by atoms with Crippen LogP contribution in [-0.2, 0) is 0 Å². The second kappa shape index (κ2) is 4.05. The minimum atomic E-state index is -1.32. The fraction of sp³-hybridized carbons (Fsp3) is 0.444. The highest BCUT2D eigenvalue weighted by atomic mass is 79.9. The van der Waals surface area contributed by atoms with Crippen LogP contribution >= 0.6 is 15.9 Å². The van der Waals surface area contributed by atoms with Crippen molar-refractivity contribution in [3.05, 3.63) is 22.9 Å². The Morgan fingerprint density at radius 2 is 2.23 bits per heavy atom. The molecular weight excluding hydrogens is 237 g/mol. The first-order chi connectivity index (χ1) is 5.97. The van der Waals surface area contributed by atoms with Gasteiger partial charge in [-0.3, -0.25) is 4.98 Å². The minimum Gasteiger partial charge on any atom is -0.489 e. The molecule has 0 spiro atoms. The molecule has 13 heavy (non-hydrogen) atoms. The van der Waals surface area contributed by atoms with Gasteiger partial charge in [-0.1, -0.05) is 0 Å². The molecule has 0 aliphatic heterocycles. The molecule has 1 aromatic heterocycles. The fourth-order valence-corrected chi connectivity index (χ4v) is 1.07. The number of pyridine rings is 1. The van der Waals surface area contributed by atoms with Gasteiger partial charge in [0.1, 0.15) is 18.0 Å². The Morgan fingerprint density at radius 3 is 2.77 bits per heavy atom. The number of halogens is 2. The first-order valence-corrected chi connectivity index (χ1v) is 4.69. The van der Waals surface area contributed by atoms with Crippen LogP contribution in [0.1, 0.15) is 13.8 Å². The lowest BCUT2D eigenvalue weighted by Gasteiger charge is -2.14. The molecule has 0 aromatic carbocycles. The molecule has 0 fully saturated rings. The van der Waals surface area contributed by atoms with Crippen LogP contribution in [0.25, 0.3) is 0 Å². The summed E-state index contributed by atoms with van der Waals surface area (Å²) in [4.78, 5) is 3.89. The highest BCUT2D eigenvalue weighted by Gasteiger charge is 2.16. The molecule has 0 saturated heterocycles. The number of alkyl halides is 1. The summed E-state index contributed by atoms with van der Waals surface area (Å²) < 4.78 is 19.0. The molecule has 72 valence electrons. The monoisotopic (exact) mass is 247 g/mol. The molecule has 1 rings (SSSR count). The van der Waals surface area contributed by atoms with Crippen LogP contribution < -0.4 is 4.74 Å². The van der Waals surface area contributed by atoms with Crippen LogP contribution in [0.3, 0.4) is 0 Å². The van der Waals surface area contributed by atoms with Gasteiger partial charge < -0.3 is 4.74 Å². The van der Waals surface area contributed by atoms with E-state index in [1.54, 1.807) is 18.5 Å². The van der Waals surface area contributed by atoms with Gasteiger partial charge >= 0.3 is 0 Å². The van der Waals surface area contributed by atoms with Gasteiger partial charge in [0.25, 0.3) is 0 Å². The molecule has 0 aliphatic carbocycles. The van der Waals surface area contributed by atoms with E-state index in [2.05, 4.69) is 20.9 Å². The Hall–Kier alpha value is -0.640. The average molecular weight is 248 g/mol. The third kappa shape index (κ3) is 4.22. The summed E-state index contributed by atoms with van der Waals surface area (Å²) >= 11 is 3.25. The summed E-state index contributed by atoms with van der Waals surface area (Å²) in [5.41, 5.74) is -1.32. The topological polar surface area (TPSA) is 22.1 Å². The van der Waals surface area contributed by atoms with Crippen LogP contribution in [0, 0.1) is 0 Å². The molecule has 0 saturated carbocycles. The summed E-state index contributed by atoms with van der Waals surface area (Å²) in [6, 6.07) is 1.75. The van der Waals surface area contributed by atoms with Crippen LogP contribution in [0.4, 0.5) is 4.39 Å². The second-order valence-electron chi connectivity index (χ2n) is 3.35. The van der Waals surface area contributed by atoms with Crippen molar-refractivity contribution in [1.82, 2.24) is 4.98 Å². The van der Waals surface area contributed by atoms with Crippen LogP contribution in [0.15, 0.2) is 22.9 Å². The molecule has 4 heteroatoms. The Bertz CT molecular complexity index is 285. The van der Waals surface area contributed by atoms with Gasteiger partial charge in [0.2, 0.25) is 0 Å². The molecule has 0 amide bonds. The van der Waals surface area contributed by atoms with E-state index in [-0.39, 0.29) is 6.61 Å². The summed E-state index contributed by atoms with van der Waals surface area (Å²) in [6.45, 7) is 2.97. The van der Waals surface area contributed by atoms with E-state index < -0.39 is 5.67 Å². The largest absolute Gasteiger partial charge is 0.489 e. The average Bonchev–Trinajstić information content (AvgIpc) is 2.00. The number of aromatic nitrogens is 1. The Labute approximate surface area is 85.3 Å². The van der Waals surface area contributed by atoms with Crippen LogP contribution in [0.2, 0.25) is 0 Å². The summed E-state index contributed by atoms with van der Waals surface area (Å²) in [5.74, 6) is 0.570. The van der Waals surface area contributed by atoms with Gasteiger partial charge in [-0.05, 0) is 35.8 Å². The Morgan fingerprint density at radius 1 is 1.54 bits per heavy atom. The number of hydrogen-bond acceptors (Lipinski definition) is 2. The molecule has 2 nitrogen and oxygen atoms in total. The lowest BCUT2D eigenvalue weighted by molar-refractivity contribution is 0.120. The molecule has 0 radical (unpaired) electrons. The van der Waals surface area contributed by atoms with E-state index in [0.717, 1.165) is 4.47 Å². The van der Waals surface area contributed by atoms with Crippen molar-refractivity contribution < 1.29 is 9.13 Å². The maximum Gasteiger partial charge on any atom is 0.139 e. The number of rotatable bonds is 3. The highest BCUT2D eigenvalue weighted by molar-refractivity contribution is 9.10. The standard InChI is InChI=1S/C9H11BrFNO/c1-9(2,11)6-13-8-3-7(10)4-12-5-8/h3-5H,6H2,1-2H3. The molecule has 1 heterocycles. The molecule has 0 atom stereocenters. The first kappa shape index (κ1) is 10.4. The van der Waals surface area contributed by atoms with Gasteiger partial charge in [0.05, 0.1) is 6.20 Å². The number of ether oxygens (including phenoxy) is 1. The van der Waals surface area contributed by atoms with Crippen molar-refractivity contribution in [2.45, 2.75) is 19.5 Å². The number of nitrogens with zero attached hydrogens (tertiary/aromatic N) is 1. The van der Waals surface area contributed by atoms with Gasteiger partial charge in [-0.2, -0.15) is 0 Å². The van der Waals surface area contributed by atoms with Gasteiger partial charge in [-0.25, -0.2) is 4.39 Å². The van der Waals surface area contributed by atoms with Crippen LogP contribution in [-0.4, -0.2) is 17.3 Å². The predicted molar refractivity (Wildman–Crippen MR) is 52.6 cm³/mol. The SMILES string of the molecule is CC(C)(F)COc1cncc(Br)c1. The molecule has 0 aliphatic rings. The van der Waals surface area contributed by atoms with E-state index in [9.17, 15) is 4.39 Å². The van der Waals surface area contributed by atoms with E-state index in [1.807, 2.05) is 0 Å². The van der Waals surface area contributed by atoms with Crippen molar-refractivity contribution in [2.75, 3.05) is 6.61 Å². The van der Waals surface area contributed by atoms with Crippen molar-refractivity contribution in [2.24, 2.45) is 0 Å². The summed E-state index contributed by atoms with van der Waals surface area (Å²) in [5, 5.41) is 0. The van der Waals surface area contributed by atoms with E-state index in [0.29, 0.717) is 5.75 Å². The molecule has 0 unspecified atom stereocenters. The lowest BCUT2D eigenvalue weighted by atomic mass is 10.2. The third-order valence-corrected chi connectivity index (χ3v) is 1.70. The molecule has 0 N–H and O–H groups in total. The summed E-state index contributed by atoms with van der Waals surface area (Å²) in [7, 11) is 0. The zero-order valence-electron chi connectivity index (χ0n) is 7.55. The molecule has 0 bridgehead atoms. The number of hydrogen-bond donors (Lipinski definition) is 0. The Kier molecular flexibility index (Phi) is 3.25. The third-order valence-electron chi connectivity index (χ3n) is 1.26. The normalized spacial score (nSPS) is 11.4.